The van der Waals surface area contributed by atoms with Gasteiger partial charge in [-0.2, -0.15) is 0 Å². The molecule has 0 saturated carbocycles. The van der Waals surface area contributed by atoms with Gasteiger partial charge in [0.25, 0.3) is 0 Å². The largest absolute Gasteiger partial charge is 0.495 e. The van der Waals surface area contributed by atoms with Crippen LogP contribution in [0.4, 0.5) is 0 Å². The van der Waals surface area contributed by atoms with Gasteiger partial charge in [0, 0.05) is 6.54 Å². The second-order valence-electron chi connectivity index (χ2n) is 5.22. The van der Waals surface area contributed by atoms with E-state index in [0.29, 0.717) is 5.75 Å². The van der Waals surface area contributed by atoms with E-state index in [0.717, 1.165) is 5.56 Å². The van der Waals surface area contributed by atoms with Gasteiger partial charge in [-0.15, -0.1) is 0 Å². The van der Waals surface area contributed by atoms with E-state index < -0.39 is 9.84 Å². The van der Waals surface area contributed by atoms with Crippen LogP contribution in [0, 0.1) is 0 Å². The first kappa shape index (κ1) is 15.0. The molecule has 0 fully saturated rings. The molecule has 1 aromatic rings. The van der Waals surface area contributed by atoms with E-state index in [1.54, 1.807) is 12.1 Å². The van der Waals surface area contributed by atoms with E-state index in [-0.39, 0.29) is 22.6 Å². The number of hydrogen-bond acceptors (Lipinski definition) is 4. The third kappa shape index (κ3) is 3.23. The molecule has 0 bridgehead atoms. The number of methoxy groups -OCH3 is 1. The SMILES string of the molecule is COc1ccc(C(C)(C)C)cc1S(=O)(=O)CCN. The Balaban J connectivity index is 3.41. The van der Waals surface area contributed by atoms with Crippen LogP contribution in [0.3, 0.4) is 0 Å². The number of benzene rings is 1. The Hall–Kier alpha value is -1.07. The molecule has 0 radical (unpaired) electrons. The smallest absolute Gasteiger partial charge is 0.183 e. The molecule has 0 aromatic heterocycles. The molecule has 0 aliphatic carbocycles. The van der Waals surface area contributed by atoms with Gasteiger partial charge in [-0.1, -0.05) is 26.8 Å². The molecule has 0 unspecified atom stereocenters. The summed E-state index contributed by atoms with van der Waals surface area (Å²) in [5.41, 5.74) is 6.19. The van der Waals surface area contributed by atoms with Gasteiger partial charge in [-0.3, -0.25) is 0 Å². The molecule has 2 N–H and O–H groups in total. The number of hydrogen-bond donors (Lipinski definition) is 1. The Morgan fingerprint density at radius 1 is 1.28 bits per heavy atom. The van der Waals surface area contributed by atoms with Gasteiger partial charge in [0.2, 0.25) is 0 Å². The van der Waals surface area contributed by atoms with Gasteiger partial charge in [-0.05, 0) is 23.1 Å². The molecule has 18 heavy (non-hydrogen) atoms. The second kappa shape index (κ2) is 5.28. The lowest BCUT2D eigenvalue weighted by Crippen LogP contribution is -2.18. The summed E-state index contributed by atoms with van der Waals surface area (Å²) in [6.45, 7) is 6.21. The van der Waals surface area contributed by atoms with Crippen LogP contribution in [-0.2, 0) is 15.3 Å². The van der Waals surface area contributed by atoms with Gasteiger partial charge in [0.1, 0.15) is 10.6 Å². The van der Waals surface area contributed by atoms with Crippen LogP contribution in [0.2, 0.25) is 0 Å². The summed E-state index contributed by atoms with van der Waals surface area (Å²) in [7, 11) is -1.92. The van der Waals surface area contributed by atoms with E-state index >= 15 is 0 Å². The average molecular weight is 271 g/mol. The van der Waals surface area contributed by atoms with Gasteiger partial charge in [-0.25, -0.2) is 8.42 Å². The van der Waals surface area contributed by atoms with Crippen LogP contribution in [0.25, 0.3) is 0 Å². The third-order valence-electron chi connectivity index (χ3n) is 2.75. The van der Waals surface area contributed by atoms with Crippen molar-refractivity contribution in [3.63, 3.8) is 0 Å². The first-order valence-electron chi connectivity index (χ1n) is 5.83. The zero-order valence-electron chi connectivity index (χ0n) is 11.4. The van der Waals surface area contributed by atoms with Crippen LogP contribution >= 0.6 is 0 Å². The zero-order chi connectivity index (χ0) is 14.0. The maximum atomic E-state index is 12.1. The Bertz CT molecular complexity index is 516. The lowest BCUT2D eigenvalue weighted by atomic mass is 9.87. The van der Waals surface area contributed by atoms with Crippen molar-refractivity contribution in [3.8, 4) is 5.75 Å². The number of rotatable bonds is 4. The van der Waals surface area contributed by atoms with E-state index in [1.807, 2.05) is 26.8 Å². The second-order valence-corrected chi connectivity index (χ2v) is 7.30. The fraction of sp³-hybridized carbons (Fsp3) is 0.538. The van der Waals surface area contributed by atoms with Gasteiger partial charge >= 0.3 is 0 Å². The van der Waals surface area contributed by atoms with Crippen molar-refractivity contribution in [2.75, 3.05) is 19.4 Å². The molecule has 0 spiro atoms. The standard InChI is InChI=1S/C13H21NO3S/c1-13(2,3)10-5-6-11(17-4)12(9-10)18(15,16)8-7-14/h5-6,9H,7-8,14H2,1-4H3. The van der Waals surface area contributed by atoms with E-state index in [9.17, 15) is 8.42 Å². The maximum Gasteiger partial charge on any atom is 0.183 e. The van der Waals surface area contributed by atoms with Crippen molar-refractivity contribution in [3.05, 3.63) is 23.8 Å². The fourth-order valence-corrected chi connectivity index (χ4v) is 2.95. The molecule has 0 atom stereocenters. The molecule has 0 aliphatic rings. The number of ether oxygens (including phenoxy) is 1. The quantitative estimate of drug-likeness (QED) is 0.905. The molecular formula is C13H21NO3S. The van der Waals surface area contributed by atoms with Gasteiger partial charge < -0.3 is 10.5 Å². The predicted molar refractivity (Wildman–Crippen MR) is 72.8 cm³/mol. The summed E-state index contributed by atoms with van der Waals surface area (Å²) >= 11 is 0. The Morgan fingerprint density at radius 2 is 1.89 bits per heavy atom. The highest BCUT2D eigenvalue weighted by atomic mass is 32.2. The van der Waals surface area contributed by atoms with Crippen molar-refractivity contribution >= 4 is 9.84 Å². The van der Waals surface area contributed by atoms with Crippen molar-refractivity contribution in [2.45, 2.75) is 31.1 Å². The van der Waals surface area contributed by atoms with Gasteiger partial charge in [0.15, 0.2) is 9.84 Å². The maximum absolute atomic E-state index is 12.1. The highest BCUT2D eigenvalue weighted by Gasteiger charge is 2.22. The summed E-state index contributed by atoms with van der Waals surface area (Å²) in [6, 6.07) is 5.27. The van der Waals surface area contributed by atoms with Crippen molar-refractivity contribution in [2.24, 2.45) is 5.73 Å². The Labute approximate surface area is 109 Å². The first-order valence-corrected chi connectivity index (χ1v) is 7.49. The molecule has 4 nitrogen and oxygen atoms in total. The summed E-state index contributed by atoms with van der Waals surface area (Å²) in [5.74, 6) is 0.299. The fourth-order valence-electron chi connectivity index (χ4n) is 1.65. The molecule has 0 heterocycles. The molecule has 1 aromatic carbocycles. The highest BCUT2D eigenvalue weighted by Crippen LogP contribution is 2.31. The average Bonchev–Trinajstić information content (AvgIpc) is 2.27. The molecule has 5 heteroatoms. The lowest BCUT2D eigenvalue weighted by Gasteiger charge is -2.21. The minimum atomic E-state index is -3.39. The Kier molecular flexibility index (Phi) is 4.40. The number of sulfone groups is 1. The van der Waals surface area contributed by atoms with Gasteiger partial charge in [0.05, 0.1) is 12.9 Å². The van der Waals surface area contributed by atoms with Crippen LogP contribution in [-0.4, -0.2) is 27.8 Å². The number of nitrogens with two attached hydrogens (primary N) is 1. The first-order chi connectivity index (χ1) is 8.22. The van der Waals surface area contributed by atoms with Crippen LogP contribution in [0.5, 0.6) is 5.75 Å². The molecule has 0 amide bonds. The van der Waals surface area contributed by atoms with Crippen LogP contribution in [0.1, 0.15) is 26.3 Å². The lowest BCUT2D eigenvalue weighted by molar-refractivity contribution is 0.402. The molecular weight excluding hydrogens is 250 g/mol. The zero-order valence-corrected chi connectivity index (χ0v) is 12.2. The molecule has 0 saturated heterocycles. The minimum absolute atomic E-state index is 0.0725. The molecule has 1 rings (SSSR count). The van der Waals surface area contributed by atoms with E-state index in [1.165, 1.54) is 7.11 Å². The normalized spacial score (nSPS) is 12.5. The third-order valence-corrected chi connectivity index (χ3v) is 4.51. The molecule has 0 aliphatic heterocycles. The van der Waals surface area contributed by atoms with Crippen molar-refractivity contribution in [1.29, 1.82) is 0 Å². The van der Waals surface area contributed by atoms with Crippen molar-refractivity contribution < 1.29 is 13.2 Å². The summed E-state index contributed by atoms with van der Waals surface area (Å²) in [6.07, 6.45) is 0. The summed E-state index contributed by atoms with van der Waals surface area (Å²) < 4.78 is 29.4. The monoisotopic (exact) mass is 271 g/mol. The van der Waals surface area contributed by atoms with Crippen LogP contribution < -0.4 is 10.5 Å². The van der Waals surface area contributed by atoms with Crippen LogP contribution in [0.15, 0.2) is 23.1 Å². The Morgan fingerprint density at radius 3 is 2.33 bits per heavy atom. The summed E-state index contributed by atoms with van der Waals surface area (Å²) in [5, 5.41) is 0. The topological polar surface area (TPSA) is 69.4 Å². The summed E-state index contributed by atoms with van der Waals surface area (Å²) in [4.78, 5) is 0.225. The minimum Gasteiger partial charge on any atom is -0.495 e. The van der Waals surface area contributed by atoms with E-state index in [4.69, 9.17) is 10.5 Å². The predicted octanol–water partition coefficient (Wildman–Crippen LogP) is 1.73. The highest BCUT2D eigenvalue weighted by molar-refractivity contribution is 7.91. The van der Waals surface area contributed by atoms with E-state index in [2.05, 4.69) is 0 Å². The van der Waals surface area contributed by atoms with Crippen molar-refractivity contribution in [1.82, 2.24) is 0 Å². The molecule has 102 valence electrons.